The Morgan fingerprint density at radius 3 is 2.63 bits per heavy atom. The first-order valence-electron chi connectivity index (χ1n) is 10.4. The van der Waals surface area contributed by atoms with Gasteiger partial charge < -0.3 is 10.1 Å². The lowest BCUT2D eigenvalue weighted by Crippen LogP contribution is -2.25. The summed E-state index contributed by atoms with van der Waals surface area (Å²) in [7, 11) is 1.76. The number of ketones is 1. The number of benzene rings is 1. The van der Waals surface area contributed by atoms with Crippen molar-refractivity contribution in [3.63, 3.8) is 0 Å². The molecule has 4 nitrogen and oxygen atoms in total. The number of ether oxygens (including phenoxy) is 1. The van der Waals surface area contributed by atoms with Crippen molar-refractivity contribution < 1.29 is 9.53 Å². The largest absolute Gasteiger partial charge is 0.381 e. The Morgan fingerprint density at radius 2 is 1.96 bits per heavy atom. The van der Waals surface area contributed by atoms with Gasteiger partial charge in [-0.15, -0.1) is 0 Å². The van der Waals surface area contributed by atoms with Gasteiger partial charge in [-0.2, -0.15) is 0 Å². The molecule has 1 aromatic carbocycles. The maximum Gasteiger partial charge on any atom is 0.165 e. The molecule has 146 valence electrons. The van der Waals surface area contributed by atoms with E-state index in [1.54, 1.807) is 7.11 Å². The molecule has 1 aliphatic rings. The van der Waals surface area contributed by atoms with Crippen molar-refractivity contribution >= 4 is 22.5 Å². The highest BCUT2D eigenvalue weighted by atomic mass is 16.5. The van der Waals surface area contributed by atoms with Crippen LogP contribution >= 0.6 is 0 Å². The smallest absolute Gasteiger partial charge is 0.165 e. The molecule has 1 aliphatic carbocycles. The van der Waals surface area contributed by atoms with Gasteiger partial charge in [0.15, 0.2) is 5.78 Å². The van der Waals surface area contributed by atoms with Gasteiger partial charge in [0.2, 0.25) is 0 Å². The number of nitrogens with zero attached hydrogens (tertiary/aromatic N) is 1. The molecular formula is C23H32N2O2. The molecule has 3 rings (SSSR count). The number of carbonyl (C=O) groups is 1. The molecule has 0 spiro atoms. The third-order valence-electron chi connectivity index (χ3n) is 5.76. The summed E-state index contributed by atoms with van der Waals surface area (Å²) >= 11 is 0. The SMILES string of the molecule is CCCCNc1nc2ccc(C(=O)C3CCC(OC)CC3)cc2cc1CC. The van der Waals surface area contributed by atoms with Crippen LogP contribution in [0.1, 0.15) is 68.3 Å². The van der Waals surface area contributed by atoms with Crippen LogP contribution in [-0.2, 0) is 11.2 Å². The fourth-order valence-electron chi connectivity index (χ4n) is 3.98. The number of pyridine rings is 1. The molecule has 0 radical (unpaired) electrons. The predicted octanol–water partition coefficient (Wildman–Crippen LogP) is 5.40. The normalized spacial score (nSPS) is 20.0. The van der Waals surface area contributed by atoms with Gasteiger partial charge in [-0.25, -0.2) is 4.98 Å². The van der Waals surface area contributed by atoms with Crippen LogP contribution in [0.3, 0.4) is 0 Å². The Kier molecular flexibility index (Phi) is 6.84. The average molecular weight is 369 g/mol. The number of methoxy groups -OCH3 is 1. The number of aryl methyl sites for hydroxylation is 1. The van der Waals surface area contributed by atoms with Gasteiger partial charge in [-0.1, -0.05) is 20.3 Å². The minimum Gasteiger partial charge on any atom is -0.381 e. The molecule has 2 aromatic rings. The van der Waals surface area contributed by atoms with Gasteiger partial charge in [0, 0.05) is 30.5 Å². The Hall–Kier alpha value is -1.94. The molecule has 0 saturated heterocycles. The molecule has 0 unspecified atom stereocenters. The van der Waals surface area contributed by atoms with Crippen molar-refractivity contribution in [3.05, 3.63) is 35.4 Å². The van der Waals surface area contributed by atoms with E-state index in [9.17, 15) is 4.79 Å². The fourth-order valence-corrected chi connectivity index (χ4v) is 3.98. The van der Waals surface area contributed by atoms with Gasteiger partial charge in [0.1, 0.15) is 5.82 Å². The minimum absolute atomic E-state index is 0.127. The maximum atomic E-state index is 13.0. The number of aromatic nitrogens is 1. The first-order valence-corrected chi connectivity index (χ1v) is 10.4. The molecule has 0 bridgehead atoms. The van der Waals surface area contributed by atoms with E-state index in [-0.39, 0.29) is 11.7 Å². The van der Waals surface area contributed by atoms with Crippen LogP contribution < -0.4 is 5.32 Å². The van der Waals surface area contributed by atoms with Crippen molar-refractivity contribution in [2.45, 2.75) is 64.9 Å². The number of hydrogen-bond acceptors (Lipinski definition) is 4. The van der Waals surface area contributed by atoms with Crippen LogP contribution in [-0.4, -0.2) is 30.5 Å². The summed E-state index contributed by atoms with van der Waals surface area (Å²) in [6.07, 6.45) is 7.37. The topological polar surface area (TPSA) is 51.2 Å². The van der Waals surface area contributed by atoms with E-state index in [0.29, 0.717) is 6.10 Å². The monoisotopic (exact) mass is 368 g/mol. The Bertz CT molecular complexity index is 779. The number of rotatable bonds is 8. The van der Waals surface area contributed by atoms with E-state index in [4.69, 9.17) is 9.72 Å². The average Bonchev–Trinajstić information content (AvgIpc) is 2.72. The predicted molar refractivity (Wildman–Crippen MR) is 112 cm³/mol. The first kappa shape index (κ1) is 19.8. The highest BCUT2D eigenvalue weighted by Gasteiger charge is 2.27. The van der Waals surface area contributed by atoms with Gasteiger partial charge in [0.05, 0.1) is 11.6 Å². The van der Waals surface area contributed by atoms with Crippen LogP contribution in [0.2, 0.25) is 0 Å². The maximum absolute atomic E-state index is 13.0. The molecule has 0 atom stereocenters. The summed E-state index contributed by atoms with van der Waals surface area (Å²) in [5, 5.41) is 4.53. The molecule has 1 aromatic heterocycles. The van der Waals surface area contributed by atoms with E-state index in [2.05, 4.69) is 25.2 Å². The number of nitrogens with one attached hydrogen (secondary N) is 1. The highest BCUT2D eigenvalue weighted by Crippen LogP contribution is 2.30. The number of unbranched alkanes of at least 4 members (excludes halogenated alkanes) is 1. The second-order valence-electron chi connectivity index (χ2n) is 7.61. The van der Waals surface area contributed by atoms with Crippen molar-refractivity contribution in [2.75, 3.05) is 19.0 Å². The second-order valence-corrected chi connectivity index (χ2v) is 7.61. The molecule has 1 N–H and O–H groups in total. The summed E-state index contributed by atoms with van der Waals surface area (Å²) in [5.74, 6) is 1.38. The van der Waals surface area contributed by atoms with Crippen molar-refractivity contribution in [3.8, 4) is 0 Å². The highest BCUT2D eigenvalue weighted by molar-refractivity contribution is 6.01. The van der Waals surface area contributed by atoms with E-state index >= 15 is 0 Å². The lowest BCUT2D eigenvalue weighted by molar-refractivity contribution is 0.0519. The summed E-state index contributed by atoms with van der Waals surface area (Å²) in [4.78, 5) is 17.8. The van der Waals surface area contributed by atoms with Crippen LogP contribution in [0.5, 0.6) is 0 Å². The second kappa shape index (κ2) is 9.32. The molecule has 1 fully saturated rings. The van der Waals surface area contributed by atoms with Gasteiger partial charge >= 0.3 is 0 Å². The Balaban J connectivity index is 1.80. The van der Waals surface area contributed by atoms with E-state index in [1.165, 1.54) is 12.0 Å². The fraction of sp³-hybridized carbons (Fsp3) is 0.565. The van der Waals surface area contributed by atoms with E-state index < -0.39 is 0 Å². The third kappa shape index (κ3) is 4.67. The van der Waals surface area contributed by atoms with Crippen LogP contribution in [0.15, 0.2) is 24.3 Å². The molecule has 0 amide bonds. The zero-order valence-corrected chi connectivity index (χ0v) is 16.9. The Labute approximate surface area is 162 Å². The number of fused-ring (bicyclic) bond motifs is 1. The van der Waals surface area contributed by atoms with Gasteiger partial charge in [-0.05, 0) is 68.4 Å². The lowest BCUT2D eigenvalue weighted by atomic mass is 9.82. The molecule has 1 heterocycles. The third-order valence-corrected chi connectivity index (χ3v) is 5.76. The van der Waals surface area contributed by atoms with E-state index in [0.717, 1.165) is 67.4 Å². The molecule has 27 heavy (non-hydrogen) atoms. The molecule has 4 heteroatoms. The summed E-state index contributed by atoms with van der Waals surface area (Å²) in [5.41, 5.74) is 2.98. The number of hydrogen-bond donors (Lipinski definition) is 1. The van der Waals surface area contributed by atoms with Crippen LogP contribution in [0.4, 0.5) is 5.82 Å². The minimum atomic E-state index is 0.127. The number of Topliss-reactive ketones (excluding diaryl/α,β-unsaturated/α-hetero) is 1. The molecular weight excluding hydrogens is 336 g/mol. The lowest BCUT2D eigenvalue weighted by Gasteiger charge is -2.26. The van der Waals surface area contributed by atoms with Crippen LogP contribution in [0, 0.1) is 5.92 Å². The van der Waals surface area contributed by atoms with Gasteiger partial charge in [0.25, 0.3) is 0 Å². The van der Waals surface area contributed by atoms with Crippen molar-refractivity contribution in [2.24, 2.45) is 5.92 Å². The summed E-state index contributed by atoms with van der Waals surface area (Å²) < 4.78 is 5.43. The standard InChI is InChI=1S/C23H32N2O2/c1-4-6-13-24-23-16(5-2)14-19-15-18(9-12-21(19)25-23)22(26)17-7-10-20(27-3)11-8-17/h9,12,14-15,17,20H,4-8,10-11,13H2,1-3H3,(H,24,25). The molecule has 1 saturated carbocycles. The molecule has 0 aliphatic heterocycles. The van der Waals surface area contributed by atoms with Crippen molar-refractivity contribution in [1.29, 1.82) is 0 Å². The van der Waals surface area contributed by atoms with E-state index in [1.807, 2.05) is 18.2 Å². The first-order chi connectivity index (χ1) is 13.2. The van der Waals surface area contributed by atoms with Crippen molar-refractivity contribution in [1.82, 2.24) is 4.98 Å². The Morgan fingerprint density at radius 1 is 1.19 bits per heavy atom. The quantitative estimate of drug-likeness (QED) is 0.501. The van der Waals surface area contributed by atoms with Gasteiger partial charge in [-0.3, -0.25) is 4.79 Å². The number of anilines is 1. The number of carbonyl (C=O) groups excluding carboxylic acids is 1. The van der Waals surface area contributed by atoms with Crippen LogP contribution in [0.25, 0.3) is 10.9 Å². The summed E-state index contributed by atoms with van der Waals surface area (Å²) in [6.45, 7) is 5.29. The summed E-state index contributed by atoms with van der Waals surface area (Å²) in [6, 6.07) is 8.16. The zero-order chi connectivity index (χ0) is 19.2. The zero-order valence-electron chi connectivity index (χ0n) is 16.9.